The second-order valence-corrected chi connectivity index (χ2v) is 27.9. The molecule has 4 N–H and O–H groups in total. The van der Waals surface area contributed by atoms with E-state index in [1.807, 2.05) is 0 Å². The van der Waals surface area contributed by atoms with E-state index in [9.17, 15) is 43.5 Å². The van der Waals surface area contributed by atoms with Crippen LogP contribution < -0.4 is 0 Å². The summed E-state index contributed by atoms with van der Waals surface area (Å²) in [5.74, 6) is -1.62. The van der Waals surface area contributed by atoms with Crippen molar-refractivity contribution >= 4 is 33.6 Å². The predicted molar refractivity (Wildman–Crippen MR) is 408 cm³/mol. The third-order valence-corrected chi connectivity index (χ3v) is 17.4. The van der Waals surface area contributed by atoms with Crippen LogP contribution in [0.5, 0.6) is 0 Å². The molecule has 0 bridgehead atoms. The number of carbonyl (C=O) groups excluding carboxylic acids is 3. The van der Waals surface area contributed by atoms with E-state index in [4.69, 9.17) is 32.3 Å². The summed E-state index contributed by atoms with van der Waals surface area (Å²) >= 11 is 0. The van der Waals surface area contributed by atoms with E-state index in [0.717, 1.165) is 173 Å². The molecule has 0 rings (SSSR count). The second-order valence-electron chi connectivity index (χ2n) is 25.0. The molecule has 0 aromatic carbocycles. The van der Waals surface area contributed by atoms with Crippen LogP contribution in [0.3, 0.4) is 0 Å². The Labute approximate surface area is 600 Å². The minimum Gasteiger partial charge on any atom is -0.463 e. The molecule has 0 amide bonds. The van der Waals surface area contributed by atoms with Gasteiger partial charge in [0.05, 0.1) is 26.4 Å². The number of phosphoric acid groups is 2. The van der Waals surface area contributed by atoms with Crippen molar-refractivity contribution in [1.82, 2.24) is 0 Å². The van der Waals surface area contributed by atoms with E-state index in [1.54, 1.807) is 0 Å². The molecule has 0 aliphatic carbocycles. The lowest BCUT2D eigenvalue weighted by Gasteiger charge is -2.21. The Kier molecular flexibility index (Phi) is 69.8. The van der Waals surface area contributed by atoms with Gasteiger partial charge in [-0.2, -0.15) is 0 Å². The number of hydrogen-bond donors (Lipinski definition) is 4. The van der Waals surface area contributed by atoms with E-state index in [1.165, 1.54) is 57.8 Å². The van der Waals surface area contributed by atoms with Crippen molar-refractivity contribution in [2.75, 3.05) is 39.6 Å². The Morgan fingerprint density at radius 3 is 0.848 bits per heavy atom. The van der Waals surface area contributed by atoms with Crippen LogP contribution in [0.25, 0.3) is 0 Å². The maximum absolute atomic E-state index is 12.9. The standard InChI is InChI=1S/C81H136O16P2/c1-4-7-10-13-16-19-22-25-27-29-31-33-34-35-36-37-38-39-40-42-44-45-47-50-52-55-58-61-64-67-79(84)91-70-76(82)71-93-98(87,88)94-72-77(83)73-95-99(89,90)96-75-78(97-81(86)69-66-63-60-57-54-49-24-21-18-15-12-9-6-3)74-92-80(85)68-65-62-59-56-53-51-48-46-43-41-32-30-28-26-23-20-17-14-11-8-5-2/h7-8,10-12,15-17,19-21,24-28,31-33,35-36,41,46,48,76-78,82-83H,4-6,9,13-14,18,22-23,29-30,34,37-40,42-45,47,49-75H2,1-3H3,(H,87,88)(H,89,90)/b10-7-,11-8-,15-12-,19-16-,20-17-,24-21-,27-25-,28-26-,33-31-,36-35-,41-32-,48-46-. The average Bonchev–Trinajstić information content (AvgIpc) is 1.36. The van der Waals surface area contributed by atoms with Crippen LogP contribution >= 0.6 is 15.6 Å². The summed E-state index contributed by atoms with van der Waals surface area (Å²) in [7, 11) is -9.80. The molecule has 0 heterocycles. The minimum atomic E-state index is -4.94. The van der Waals surface area contributed by atoms with Crippen molar-refractivity contribution < 1.29 is 75.8 Å². The largest absolute Gasteiger partial charge is 0.472 e. The van der Waals surface area contributed by atoms with Crippen LogP contribution in [-0.2, 0) is 55.8 Å². The summed E-state index contributed by atoms with van der Waals surface area (Å²) in [5.41, 5.74) is 0. The fraction of sp³-hybridized carbons (Fsp3) is 0.667. The fourth-order valence-corrected chi connectivity index (χ4v) is 11.4. The van der Waals surface area contributed by atoms with Crippen molar-refractivity contribution in [3.63, 3.8) is 0 Å². The number of hydrogen-bond acceptors (Lipinski definition) is 14. The summed E-state index contributed by atoms with van der Waals surface area (Å²) in [6.45, 7) is 2.34. The molecule has 0 aliphatic heterocycles. The third kappa shape index (κ3) is 74.4. The molecular formula is C81H136O16P2. The van der Waals surface area contributed by atoms with Gasteiger partial charge in [-0.05, 0) is 135 Å². The summed E-state index contributed by atoms with van der Waals surface area (Å²) in [6, 6.07) is 0. The number of ether oxygens (including phenoxy) is 3. The van der Waals surface area contributed by atoms with Crippen LogP contribution in [0.2, 0.25) is 0 Å². The zero-order valence-electron chi connectivity index (χ0n) is 61.6. The van der Waals surface area contributed by atoms with Gasteiger partial charge in [-0.3, -0.25) is 32.5 Å². The number of aliphatic hydroxyl groups is 2. The average molecular weight is 1430 g/mol. The molecule has 0 radical (unpaired) electrons. The fourth-order valence-electron chi connectivity index (χ4n) is 9.78. The summed E-state index contributed by atoms with van der Waals surface area (Å²) in [4.78, 5) is 58.5. The van der Waals surface area contributed by atoms with E-state index in [2.05, 4.69) is 167 Å². The van der Waals surface area contributed by atoms with Crippen molar-refractivity contribution in [1.29, 1.82) is 0 Å². The molecule has 0 spiro atoms. The first-order valence-electron chi connectivity index (χ1n) is 38.1. The van der Waals surface area contributed by atoms with E-state index >= 15 is 0 Å². The van der Waals surface area contributed by atoms with Gasteiger partial charge in [0.25, 0.3) is 0 Å². The van der Waals surface area contributed by atoms with Crippen molar-refractivity contribution in [3.8, 4) is 0 Å². The minimum absolute atomic E-state index is 0.0800. The zero-order valence-corrected chi connectivity index (χ0v) is 63.4. The third-order valence-electron chi connectivity index (χ3n) is 15.5. The predicted octanol–water partition coefficient (Wildman–Crippen LogP) is 22.1. The van der Waals surface area contributed by atoms with E-state index < -0.39 is 91.5 Å². The molecule has 0 aromatic heterocycles. The normalized spacial score (nSPS) is 14.9. The molecule has 0 saturated carbocycles. The van der Waals surface area contributed by atoms with Crippen molar-refractivity contribution in [2.24, 2.45) is 0 Å². The molecule has 5 unspecified atom stereocenters. The Morgan fingerprint density at radius 2 is 0.535 bits per heavy atom. The molecule has 0 aliphatic rings. The SMILES string of the molecule is CC/C=C\C/C=C\C/C=C\C/C=C\C/C=C\CCCCCCCCCCCCCCCC(=O)OCC(O)COP(=O)(O)OCC(O)COP(=O)(O)OCC(COC(=O)CCCCCCC/C=C\C/C=C\C/C=C\C/C=C\C/C=C\CC)OC(=O)CCCCCCC/C=C\C/C=C\CCC. The number of unbranched alkanes of at least 4 members (excludes halogenated alkanes) is 24. The molecule has 0 saturated heterocycles. The smallest absolute Gasteiger partial charge is 0.463 e. The Balaban J connectivity index is 4.52. The van der Waals surface area contributed by atoms with Crippen LogP contribution in [0.15, 0.2) is 146 Å². The van der Waals surface area contributed by atoms with Gasteiger partial charge in [0.2, 0.25) is 0 Å². The molecule has 18 heteroatoms. The van der Waals surface area contributed by atoms with Crippen molar-refractivity contribution in [2.45, 2.75) is 309 Å². The lowest BCUT2D eigenvalue weighted by Crippen LogP contribution is -2.30. The maximum Gasteiger partial charge on any atom is 0.472 e. The highest BCUT2D eigenvalue weighted by atomic mass is 31.2. The highest BCUT2D eigenvalue weighted by Crippen LogP contribution is 2.45. The Morgan fingerprint density at radius 1 is 0.293 bits per heavy atom. The lowest BCUT2D eigenvalue weighted by atomic mass is 10.0. The monoisotopic (exact) mass is 1430 g/mol. The van der Waals surface area contributed by atoms with Gasteiger partial charge in [-0.15, -0.1) is 0 Å². The van der Waals surface area contributed by atoms with Gasteiger partial charge < -0.3 is 34.2 Å². The number of aliphatic hydroxyl groups excluding tert-OH is 2. The van der Waals surface area contributed by atoms with Crippen LogP contribution in [0, 0.1) is 0 Å². The maximum atomic E-state index is 12.9. The molecule has 16 nitrogen and oxygen atoms in total. The number of esters is 3. The molecule has 0 aromatic rings. The zero-order chi connectivity index (χ0) is 72.3. The van der Waals surface area contributed by atoms with Gasteiger partial charge in [0.15, 0.2) is 6.10 Å². The van der Waals surface area contributed by atoms with Gasteiger partial charge in [-0.1, -0.05) is 282 Å². The first-order valence-corrected chi connectivity index (χ1v) is 41.1. The topological polar surface area (TPSA) is 231 Å². The summed E-state index contributed by atoms with van der Waals surface area (Å²) in [5, 5.41) is 20.6. The Hall–Kier alpha value is -4.57. The lowest BCUT2D eigenvalue weighted by molar-refractivity contribution is -0.161. The van der Waals surface area contributed by atoms with Crippen LogP contribution in [-0.4, -0.2) is 95.9 Å². The summed E-state index contributed by atoms with van der Waals surface area (Å²) < 4.78 is 61.0. The van der Waals surface area contributed by atoms with Crippen LogP contribution in [0.4, 0.5) is 0 Å². The quantitative estimate of drug-likeness (QED) is 0.0146. The molecule has 566 valence electrons. The first kappa shape index (κ1) is 94.4. The van der Waals surface area contributed by atoms with Crippen molar-refractivity contribution in [3.05, 3.63) is 146 Å². The van der Waals surface area contributed by atoms with Gasteiger partial charge >= 0.3 is 33.6 Å². The molecular weight excluding hydrogens is 1290 g/mol. The van der Waals surface area contributed by atoms with Gasteiger partial charge in [0.1, 0.15) is 25.4 Å². The Bertz CT molecular complexity index is 2380. The summed E-state index contributed by atoms with van der Waals surface area (Å²) in [6.07, 6.45) is 89.0. The molecule has 0 fully saturated rings. The van der Waals surface area contributed by atoms with Gasteiger partial charge in [0, 0.05) is 19.3 Å². The number of allylic oxidation sites excluding steroid dienone is 24. The number of rotatable bonds is 71. The van der Waals surface area contributed by atoms with Gasteiger partial charge in [-0.25, -0.2) is 9.13 Å². The first-order chi connectivity index (χ1) is 48.2. The van der Waals surface area contributed by atoms with Crippen LogP contribution in [0.1, 0.15) is 290 Å². The second kappa shape index (κ2) is 73.2. The molecule has 5 atom stereocenters. The number of carbonyl (C=O) groups is 3. The highest BCUT2D eigenvalue weighted by molar-refractivity contribution is 7.47. The van der Waals surface area contributed by atoms with E-state index in [-0.39, 0.29) is 19.3 Å². The molecule has 99 heavy (non-hydrogen) atoms. The van der Waals surface area contributed by atoms with E-state index in [0.29, 0.717) is 19.3 Å². The number of phosphoric ester groups is 2. The highest BCUT2D eigenvalue weighted by Gasteiger charge is 2.29.